The Morgan fingerprint density at radius 2 is 1.84 bits per heavy atom. The molecule has 32 heavy (non-hydrogen) atoms. The third-order valence-corrected chi connectivity index (χ3v) is 5.25. The Morgan fingerprint density at radius 1 is 1.12 bits per heavy atom. The van der Waals surface area contributed by atoms with Crippen LogP contribution in [0.15, 0.2) is 48.8 Å². The van der Waals surface area contributed by atoms with Crippen LogP contribution in [0.4, 0.5) is 18.9 Å². The number of carbonyl (C=O) groups is 1. The molecule has 0 radical (unpaired) electrons. The average Bonchev–Trinajstić information content (AvgIpc) is 3.16. The van der Waals surface area contributed by atoms with Gasteiger partial charge in [-0.15, -0.1) is 13.2 Å². The number of rotatable bonds is 5. The van der Waals surface area contributed by atoms with Crippen LogP contribution in [0.3, 0.4) is 0 Å². The van der Waals surface area contributed by atoms with Crippen molar-refractivity contribution in [1.29, 1.82) is 0 Å². The van der Waals surface area contributed by atoms with Gasteiger partial charge in [0.2, 0.25) is 0 Å². The number of hydrogen-bond acceptors (Lipinski definition) is 5. The van der Waals surface area contributed by atoms with E-state index in [4.69, 9.17) is 4.74 Å². The summed E-state index contributed by atoms with van der Waals surface area (Å²) in [7, 11) is 0. The van der Waals surface area contributed by atoms with Crippen molar-refractivity contribution in [3.05, 3.63) is 65.7 Å². The number of hydrogen-bond donors (Lipinski definition) is 1. The number of carbonyl (C=O) groups excluding carboxylic acids is 1. The lowest BCUT2D eigenvalue weighted by Gasteiger charge is -2.21. The molecule has 3 heterocycles. The summed E-state index contributed by atoms with van der Waals surface area (Å²) < 4.78 is 47.7. The molecular weight excluding hydrogens is 425 g/mol. The van der Waals surface area contributed by atoms with Crippen LogP contribution in [-0.4, -0.2) is 40.2 Å². The first kappa shape index (κ1) is 21.8. The van der Waals surface area contributed by atoms with E-state index in [-0.39, 0.29) is 11.7 Å². The molecule has 1 amide bonds. The zero-order valence-corrected chi connectivity index (χ0v) is 17.2. The molecular formula is C22H21F3N4O3. The zero-order chi connectivity index (χ0) is 22.7. The van der Waals surface area contributed by atoms with Crippen molar-refractivity contribution in [2.45, 2.75) is 32.0 Å². The van der Waals surface area contributed by atoms with E-state index in [0.717, 1.165) is 31.7 Å². The van der Waals surface area contributed by atoms with Gasteiger partial charge >= 0.3 is 6.36 Å². The van der Waals surface area contributed by atoms with E-state index >= 15 is 0 Å². The molecule has 168 valence electrons. The number of anilines is 1. The first-order valence-electron chi connectivity index (χ1n) is 10.1. The van der Waals surface area contributed by atoms with Crippen LogP contribution in [0.1, 0.15) is 40.5 Å². The fourth-order valence-corrected chi connectivity index (χ4v) is 3.59. The Balaban J connectivity index is 1.44. The molecule has 0 spiro atoms. The molecule has 4 rings (SSSR count). The molecule has 7 nitrogen and oxygen atoms in total. The number of amides is 1. The van der Waals surface area contributed by atoms with E-state index < -0.39 is 6.36 Å². The molecule has 1 aliphatic heterocycles. The molecule has 0 unspecified atom stereocenters. The minimum Gasteiger partial charge on any atom is -0.406 e. The second-order valence-corrected chi connectivity index (χ2v) is 7.41. The van der Waals surface area contributed by atoms with Crippen molar-refractivity contribution in [1.82, 2.24) is 14.8 Å². The second-order valence-electron chi connectivity index (χ2n) is 7.41. The van der Waals surface area contributed by atoms with E-state index in [1.165, 1.54) is 35.1 Å². The number of pyridine rings is 1. The number of benzene rings is 1. The smallest absolute Gasteiger partial charge is 0.406 e. The summed E-state index contributed by atoms with van der Waals surface area (Å²) in [6.07, 6.45) is 0.142. The van der Waals surface area contributed by atoms with E-state index in [2.05, 4.69) is 20.1 Å². The van der Waals surface area contributed by atoms with Crippen molar-refractivity contribution in [2.75, 3.05) is 18.5 Å². The van der Waals surface area contributed by atoms with E-state index in [1.54, 1.807) is 13.1 Å². The monoisotopic (exact) mass is 446 g/mol. The van der Waals surface area contributed by atoms with Gasteiger partial charge in [0.25, 0.3) is 5.91 Å². The van der Waals surface area contributed by atoms with Crippen LogP contribution in [0, 0.1) is 6.92 Å². The van der Waals surface area contributed by atoms with E-state index in [0.29, 0.717) is 28.6 Å². The van der Waals surface area contributed by atoms with Crippen molar-refractivity contribution >= 4 is 11.6 Å². The molecule has 1 saturated heterocycles. The molecule has 3 aromatic rings. The van der Waals surface area contributed by atoms with Crippen LogP contribution in [0.2, 0.25) is 0 Å². The van der Waals surface area contributed by atoms with Crippen molar-refractivity contribution in [2.24, 2.45) is 0 Å². The van der Waals surface area contributed by atoms with Crippen molar-refractivity contribution in [3.63, 3.8) is 0 Å². The first-order chi connectivity index (χ1) is 15.3. The molecule has 2 aromatic heterocycles. The van der Waals surface area contributed by atoms with Crippen LogP contribution in [0.25, 0.3) is 5.69 Å². The highest BCUT2D eigenvalue weighted by Crippen LogP contribution is 2.27. The van der Waals surface area contributed by atoms with Crippen LogP contribution in [0.5, 0.6) is 5.75 Å². The van der Waals surface area contributed by atoms with E-state index in [9.17, 15) is 18.0 Å². The molecule has 0 bridgehead atoms. The third-order valence-electron chi connectivity index (χ3n) is 5.25. The highest BCUT2D eigenvalue weighted by Gasteiger charge is 2.31. The molecule has 1 N–H and O–H groups in total. The van der Waals surface area contributed by atoms with Gasteiger partial charge in [-0.05, 0) is 56.2 Å². The molecule has 1 fully saturated rings. The third kappa shape index (κ3) is 5.08. The molecule has 1 aromatic carbocycles. The largest absolute Gasteiger partial charge is 0.573 e. The lowest BCUT2D eigenvalue weighted by atomic mass is 9.96. The number of nitrogens with zero attached hydrogens (tertiary/aromatic N) is 3. The zero-order valence-electron chi connectivity index (χ0n) is 17.2. The van der Waals surface area contributed by atoms with Crippen LogP contribution >= 0.6 is 0 Å². The quantitative estimate of drug-likeness (QED) is 0.619. The molecule has 10 heteroatoms. The topological polar surface area (TPSA) is 78.3 Å². The van der Waals surface area contributed by atoms with E-state index in [1.807, 2.05) is 12.1 Å². The average molecular weight is 446 g/mol. The number of ether oxygens (including phenoxy) is 2. The Labute approximate surface area is 182 Å². The second kappa shape index (κ2) is 8.99. The minimum atomic E-state index is -4.76. The van der Waals surface area contributed by atoms with Gasteiger partial charge in [0.05, 0.1) is 35.0 Å². The molecule has 0 aliphatic carbocycles. The highest BCUT2D eigenvalue weighted by molar-refractivity contribution is 6.04. The number of alkyl halides is 3. The molecule has 0 saturated carbocycles. The van der Waals surface area contributed by atoms with Gasteiger partial charge in [-0.1, -0.05) is 0 Å². The predicted octanol–water partition coefficient (Wildman–Crippen LogP) is 4.62. The Bertz CT molecular complexity index is 1070. The summed E-state index contributed by atoms with van der Waals surface area (Å²) in [4.78, 5) is 17.2. The highest BCUT2D eigenvalue weighted by atomic mass is 19.4. The number of nitrogens with one attached hydrogen (secondary N) is 1. The Kier molecular flexibility index (Phi) is 6.13. The summed E-state index contributed by atoms with van der Waals surface area (Å²) in [6, 6.07) is 8.97. The van der Waals surface area contributed by atoms with Gasteiger partial charge in [0.15, 0.2) is 0 Å². The van der Waals surface area contributed by atoms with Gasteiger partial charge in [-0.25, -0.2) is 4.68 Å². The van der Waals surface area contributed by atoms with Crippen molar-refractivity contribution < 1.29 is 27.4 Å². The summed E-state index contributed by atoms with van der Waals surface area (Å²) in [5, 5.41) is 7.00. The Hall–Kier alpha value is -3.40. The fraction of sp³-hybridized carbons (Fsp3) is 0.318. The lowest BCUT2D eigenvalue weighted by molar-refractivity contribution is -0.274. The summed E-state index contributed by atoms with van der Waals surface area (Å²) in [5.41, 5.74) is 2.92. The standard InChI is InChI=1S/C22H21F3N4O3/c1-14-19(13-27-29(14)17-3-5-18(6-4-17)32-22(23,24)25)21(30)28-16-2-7-20(26-12-16)15-8-10-31-11-9-15/h2-7,12-13,15H,8-11H2,1H3,(H,28,30). The lowest BCUT2D eigenvalue weighted by Crippen LogP contribution is -2.17. The van der Waals surface area contributed by atoms with Gasteiger partial charge in [-0.2, -0.15) is 5.10 Å². The summed E-state index contributed by atoms with van der Waals surface area (Å²) in [5.74, 6) is -0.325. The minimum absolute atomic E-state index is 0.333. The Morgan fingerprint density at radius 3 is 2.47 bits per heavy atom. The summed E-state index contributed by atoms with van der Waals surface area (Å²) >= 11 is 0. The number of halogens is 3. The predicted molar refractivity (Wildman–Crippen MR) is 110 cm³/mol. The fourth-order valence-electron chi connectivity index (χ4n) is 3.59. The summed E-state index contributed by atoms with van der Waals surface area (Å²) in [6.45, 7) is 3.16. The maximum absolute atomic E-state index is 12.7. The normalized spacial score (nSPS) is 14.9. The molecule has 1 aliphatic rings. The van der Waals surface area contributed by atoms with Gasteiger partial charge in [-0.3, -0.25) is 9.78 Å². The maximum atomic E-state index is 12.7. The number of aromatic nitrogens is 3. The SMILES string of the molecule is Cc1c(C(=O)Nc2ccc(C3CCOCC3)nc2)cnn1-c1ccc(OC(F)(F)F)cc1. The van der Waals surface area contributed by atoms with Crippen LogP contribution < -0.4 is 10.1 Å². The van der Waals surface area contributed by atoms with Gasteiger partial charge in [0.1, 0.15) is 5.75 Å². The van der Waals surface area contributed by atoms with Gasteiger partial charge in [0, 0.05) is 24.8 Å². The first-order valence-corrected chi connectivity index (χ1v) is 10.1. The van der Waals surface area contributed by atoms with Gasteiger partial charge < -0.3 is 14.8 Å². The van der Waals surface area contributed by atoms with Crippen molar-refractivity contribution in [3.8, 4) is 11.4 Å². The van der Waals surface area contributed by atoms with Crippen LogP contribution in [-0.2, 0) is 4.74 Å². The molecule has 0 atom stereocenters. The maximum Gasteiger partial charge on any atom is 0.573 e.